The fourth-order valence-electron chi connectivity index (χ4n) is 4.90. The van der Waals surface area contributed by atoms with Crippen LogP contribution in [0.15, 0.2) is 17.6 Å². The molecular weight excluding hydrogens is 386 g/mol. The van der Waals surface area contributed by atoms with Crippen LogP contribution in [0, 0.1) is 24.7 Å². The van der Waals surface area contributed by atoms with E-state index in [1.165, 1.54) is 43.4 Å². The zero-order valence-corrected chi connectivity index (χ0v) is 17.7. The van der Waals surface area contributed by atoms with Gasteiger partial charge in [-0.3, -0.25) is 4.79 Å². The van der Waals surface area contributed by atoms with E-state index >= 15 is 0 Å². The lowest BCUT2D eigenvalue weighted by atomic mass is 9.73. The molecule has 2 N–H and O–H groups in total. The number of hydrogen-bond donors (Lipinski definition) is 2. The first-order valence-corrected chi connectivity index (χ1v) is 11.4. The van der Waals surface area contributed by atoms with Gasteiger partial charge in [-0.15, -0.1) is 11.3 Å². The van der Waals surface area contributed by atoms with E-state index in [9.17, 15) is 9.90 Å². The summed E-state index contributed by atoms with van der Waals surface area (Å²) >= 11 is 1.53. The van der Waals surface area contributed by atoms with Crippen LogP contribution >= 0.6 is 11.3 Å². The quantitative estimate of drug-likeness (QED) is 0.718. The van der Waals surface area contributed by atoms with Crippen LogP contribution < -0.4 is 10.2 Å². The molecule has 1 aliphatic carbocycles. The number of aliphatic carboxylic acids is 1. The van der Waals surface area contributed by atoms with Crippen molar-refractivity contribution in [1.29, 1.82) is 0 Å². The van der Waals surface area contributed by atoms with Gasteiger partial charge >= 0.3 is 5.97 Å². The summed E-state index contributed by atoms with van der Waals surface area (Å²) < 4.78 is 0. The molecule has 1 saturated carbocycles. The number of anilines is 3. The Morgan fingerprint density at radius 2 is 2.07 bits per heavy atom. The van der Waals surface area contributed by atoms with E-state index in [1.807, 2.05) is 18.4 Å². The van der Waals surface area contributed by atoms with Crippen LogP contribution in [-0.4, -0.2) is 39.1 Å². The molecule has 0 amide bonds. The van der Waals surface area contributed by atoms with Crippen LogP contribution in [0.25, 0.3) is 0 Å². The normalized spacial score (nSPS) is 23.1. The highest BCUT2D eigenvalue weighted by Crippen LogP contribution is 2.38. The molecule has 8 heteroatoms. The molecule has 1 aliphatic heterocycles. The summed E-state index contributed by atoms with van der Waals surface area (Å²) in [7, 11) is 0. The summed E-state index contributed by atoms with van der Waals surface area (Å²) in [6.07, 6.45) is 9.45. The van der Waals surface area contributed by atoms with Crippen molar-refractivity contribution in [2.45, 2.75) is 51.9 Å². The van der Waals surface area contributed by atoms with Crippen molar-refractivity contribution in [3.8, 4) is 0 Å². The number of hydrogen-bond acceptors (Lipinski definition) is 7. The number of carbonyl (C=O) groups is 1. The van der Waals surface area contributed by atoms with Gasteiger partial charge in [-0.25, -0.2) is 9.97 Å². The third-order valence-electron chi connectivity index (χ3n) is 6.14. The van der Waals surface area contributed by atoms with E-state index in [0.717, 1.165) is 29.6 Å². The summed E-state index contributed by atoms with van der Waals surface area (Å²) in [5.74, 6) is 2.08. The average Bonchev–Trinajstić information content (AvgIpc) is 3.20. The van der Waals surface area contributed by atoms with Crippen LogP contribution in [-0.2, 0) is 4.79 Å². The van der Waals surface area contributed by atoms with E-state index in [2.05, 4.69) is 15.2 Å². The minimum absolute atomic E-state index is 0.146. The predicted octanol–water partition coefficient (Wildman–Crippen LogP) is 4.48. The third-order valence-corrected chi connectivity index (χ3v) is 6.83. The van der Waals surface area contributed by atoms with Gasteiger partial charge in [0.05, 0.1) is 0 Å². The fraction of sp³-hybridized carbons (Fsp3) is 0.619. The Hall–Kier alpha value is -2.22. The Morgan fingerprint density at radius 1 is 1.24 bits per heavy atom. The highest BCUT2D eigenvalue weighted by Gasteiger charge is 2.34. The van der Waals surface area contributed by atoms with Crippen molar-refractivity contribution < 1.29 is 9.90 Å². The van der Waals surface area contributed by atoms with Gasteiger partial charge in [-0.1, -0.05) is 32.1 Å². The second-order valence-corrected chi connectivity index (χ2v) is 9.31. The maximum absolute atomic E-state index is 11.4. The van der Waals surface area contributed by atoms with Gasteiger partial charge in [-0.05, 0) is 31.1 Å². The maximum atomic E-state index is 11.4. The van der Waals surface area contributed by atoms with Crippen LogP contribution in [0.2, 0.25) is 0 Å². The molecule has 0 spiro atoms. The number of aromatic nitrogens is 3. The second-order valence-electron chi connectivity index (χ2n) is 8.42. The van der Waals surface area contributed by atoms with E-state index < -0.39 is 5.97 Å². The van der Waals surface area contributed by atoms with Gasteiger partial charge in [0.1, 0.15) is 5.82 Å². The highest BCUT2D eigenvalue weighted by molar-refractivity contribution is 7.13. The zero-order valence-electron chi connectivity index (χ0n) is 16.9. The summed E-state index contributed by atoms with van der Waals surface area (Å²) in [6.45, 7) is 3.59. The second kappa shape index (κ2) is 9.07. The Balaban J connectivity index is 1.55. The van der Waals surface area contributed by atoms with Crippen molar-refractivity contribution in [1.82, 2.24) is 15.0 Å². The maximum Gasteiger partial charge on any atom is 0.303 e. The van der Waals surface area contributed by atoms with Gasteiger partial charge in [0.2, 0.25) is 5.95 Å². The van der Waals surface area contributed by atoms with E-state index in [0.29, 0.717) is 24.3 Å². The molecule has 0 radical (unpaired) electrons. The number of carboxylic acids is 1. The standard InChI is InChI=1S/C21H29N5O2S/c1-14-9-18(25-21-22-7-8-29-21)24-20(23-14)26-12-15(11-19(27)28)10-17(13-26)16-5-3-2-4-6-16/h7-9,15-17H,2-6,10-13H2,1H3,(H,27,28)(H,22,23,24,25)/t15-,17-/m0/s1. The summed E-state index contributed by atoms with van der Waals surface area (Å²) in [6, 6.07) is 1.92. The number of piperidine rings is 1. The number of nitrogens with zero attached hydrogens (tertiary/aromatic N) is 4. The van der Waals surface area contributed by atoms with Crippen molar-refractivity contribution in [2.75, 3.05) is 23.3 Å². The molecule has 2 aliphatic rings. The van der Waals surface area contributed by atoms with E-state index in [4.69, 9.17) is 9.97 Å². The highest BCUT2D eigenvalue weighted by atomic mass is 32.1. The van der Waals surface area contributed by atoms with Crippen LogP contribution in [0.4, 0.5) is 16.9 Å². The first-order chi connectivity index (χ1) is 14.1. The van der Waals surface area contributed by atoms with Crippen molar-refractivity contribution in [2.24, 2.45) is 17.8 Å². The molecule has 2 aromatic heterocycles. The zero-order chi connectivity index (χ0) is 20.2. The number of nitrogens with one attached hydrogen (secondary N) is 1. The fourth-order valence-corrected chi connectivity index (χ4v) is 5.44. The molecule has 2 atom stereocenters. The Morgan fingerprint density at radius 3 is 2.79 bits per heavy atom. The molecule has 2 fully saturated rings. The smallest absolute Gasteiger partial charge is 0.303 e. The topological polar surface area (TPSA) is 91.2 Å². The first-order valence-electron chi connectivity index (χ1n) is 10.6. The molecule has 4 rings (SSSR count). The summed E-state index contributed by atoms with van der Waals surface area (Å²) in [5, 5.41) is 15.4. The van der Waals surface area contributed by atoms with Crippen LogP contribution in [0.3, 0.4) is 0 Å². The monoisotopic (exact) mass is 415 g/mol. The van der Waals surface area contributed by atoms with Gasteiger partial charge in [0.25, 0.3) is 0 Å². The molecule has 2 aromatic rings. The van der Waals surface area contributed by atoms with Crippen molar-refractivity contribution >= 4 is 34.2 Å². The van der Waals surface area contributed by atoms with Gasteiger partial charge < -0.3 is 15.3 Å². The molecule has 7 nitrogen and oxygen atoms in total. The van der Waals surface area contributed by atoms with Crippen LogP contribution in [0.1, 0.15) is 50.6 Å². The van der Waals surface area contributed by atoms with Crippen molar-refractivity contribution in [3.63, 3.8) is 0 Å². The Kier molecular flexibility index (Phi) is 6.28. The molecule has 156 valence electrons. The third kappa shape index (κ3) is 5.23. The Bertz CT molecular complexity index is 822. The predicted molar refractivity (Wildman–Crippen MR) is 115 cm³/mol. The van der Waals surface area contributed by atoms with Gasteiger partial charge in [-0.2, -0.15) is 4.98 Å². The molecule has 3 heterocycles. The molecule has 29 heavy (non-hydrogen) atoms. The lowest BCUT2D eigenvalue weighted by Gasteiger charge is -2.42. The van der Waals surface area contributed by atoms with Gasteiger partial charge in [0.15, 0.2) is 5.13 Å². The molecule has 1 saturated heterocycles. The average molecular weight is 416 g/mol. The van der Waals surface area contributed by atoms with E-state index in [-0.39, 0.29) is 12.3 Å². The number of rotatable bonds is 6. The lowest BCUT2D eigenvalue weighted by Crippen LogP contribution is -2.44. The number of thiazole rings is 1. The summed E-state index contributed by atoms with van der Waals surface area (Å²) in [4.78, 5) is 27.3. The minimum atomic E-state index is -0.712. The Labute approximate surface area is 175 Å². The molecule has 0 aromatic carbocycles. The molecule has 0 unspecified atom stereocenters. The first kappa shape index (κ1) is 20.1. The number of aryl methyl sites for hydroxylation is 1. The van der Waals surface area contributed by atoms with E-state index in [1.54, 1.807) is 6.20 Å². The summed E-state index contributed by atoms with van der Waals surface area (Å²) in [5.41, 5.74) is 0.892. The molecule has 0 bridgehead atoms. The van der Waals surface area contributed by atoms with Crippen molar-refractivity contribution in [3.05, 3.63) is 23.3 Å². The van der Waals surface area contributed by atoms with Gasteiger partial charge in [0, 0.05) is 42.8 Å². The number of carboxylic acid groups (broad SMARTS) is 1. The van der Waals surface area contributed by atoms with Crippen LogP contribution in [0.5, 0.6) is 0 Å². The SMILES string of the molecule is Cc1cc(Nc2nccs2)nc(N2C[C@H](CC(=O)O)C[C@H](C3CCCCC3)C2)n1. The molecular formula is C21H29N5O2S. The largest absolute Gasteiger partial charge is 0.481 e. The minimum Gasteiger partial charge on any atom is -0.481 e. The lowest BCUT2D eigenvalue weighted by molar-refractivity contribution is -0.138.